The van der Waals surface area contributed by atoms with Crippen molar-refractivity contribution in [2.24, 2.45) is 4.99 Å². The summed E-state index contributed by atoms with van der Waals surface area (Å²) in [6.45, 7) is 4.00. The summed E-state index contributed by atoms with van der Waals surface area (Å²) in [5, 5.41) is 8.21. The van der Waals surface area contributed by atoms with Crippen LogP contribution >= 0.6 is 24.0 Å². The van der Waals surface area contributed by atoms with Crippen LogP contribution in [-0.4, -0.2) is 49.1 Å². The smallest absolute Gasteiger partial charge is 0.191 e. The zero-order valence-electron chi connectivity index (χ0n) is 18.1. The van der Waals surface area contributed by atoms with Gasteiger partial charge in [-0.3, -0.25) is 14.9 Å². The lowest BCUT2D eigenvalue weighted by Gasteiger charge is -2.29. The molecule has 1 fully saturated rings. The predicted molar refractivity (Wildman–Crippen MR) is 140 cm³/mol. The number of benzene rings is 2. The fourth-order valence-electron chi connectivity index (χ4n) is 4.28. The number of halogens is 1. The van der Waals surface area contributed by atoms with Gasteiger partial charge in [0.15, 0.2) is 5.96 Å². The minimum absolute atomic E-state index is 0. The van der Waals surface area contributed by atoms with Crippen LogP contribution in [0.2, 0.25) is 0 Å². The molecule has 1 saturated heterocycles. The molecule has 1 aromatic heterocycles. The van der Waals surface area contributed by atoms with Crippen molar-refractivity contribution in [3.63, 3.8) is 0 Å². The Hall–Kier alpha value is -2.19. The fourth-order valence-corrected chi connectivity index (χ4v) is 4.28. The van der Waals surface area contributed by atoms with Crippen molar-refractivity contribution in [2.45, 2.75) is 25.3 Å². The number of aliphatic imine (C=N–C) groups is 1. The lowest BCUT2D eigenvalue weighted by molar-refractivity contribution is 0.245. The minimum atomic E-state index is 0. The SMILES string of the molecule is CN=C(NCCc1cccc2cccnc12)NCC(c1ccccc1)N1CCCC1.I. The van der Waals surface area contributed by atoms with E-state index < -0.39 is 0 Å². The molecule has 0 aliphatic carbocycles. The van der Waals surface area contributed by atoms with Crippen LogP contribution in [0.5, 0.6) is 0 Å². The number of hydrogen-bond donors (Lipinski definition) is 2. The van der Waals surface area contributed by atoms with Gasteiger partial charge in [-0.25, -0.2) is 0 Å². The monoisotopic (exact) mass is 529 g/mol. The molecular formula is C25H32IN5. The third-order valence-corrected chi connectivity index (χ3v) is 5.86. The summed E-state index contributed by atoms with van der Waals surface area (Å²) in [6, 6.07) is 21.6. The van der Waals surface area contributed by atoms with Crippen LogP contribution in [0.3, 0.4) is 0 Å². The number of guanidine groups is 1. The van der Waals surface area contributed by atoms with Crippen molar-refractivity contribution in [1.29, 1.82) is 0 Å². The number of likely N-dealkylation sites (tertiary alicyclic amines) is 1. The number of rotatable bonds is 7. The largest absolute Gasteiger partial charge is 0.356 e. The average molecular weight is 529 g/mol. The topological polar surface area (TPSA) is 52.6 Å². The zero-order valence-corrected chi connectivity index (χ0v) is 20.5. The van der Waals surface area contributed by atoms with E-state index in [4.69, 9.17) is 0 Å². The lowest BCUT2D eigenvalue weighted by atomic mass is 10.1. The van der Waals surface area contributed by atoms with Gasteiger partial charge in [-0.05, 0) is 49.5 Å². The summed E-state index contributed by atoms with van der Waals surface area (Å²) in [7, 11) is 1.84. The highest BCUT2D eigenvalue weighted by Crippen LogP contribution is 2.24. The minimum Gasteiger partial charge on any atom is -0.356 e. The first kappa shape index (κ1) is 23.5. The van der Waals surface area contributed by atoms with Gasteiger partial charge < -0.3 is 10.6 Å². The first-order valence-corrected chi connectivity index (χ1v) is 10.9. The second-order valence-corrected chi connectivity index (χ2v) is 7.79. The highest BCUT2D eigenvalue weighted by Gasteiger charge is 2.23. The quantitative estimate of drug-likeness (QED) is 0.271. The molecule has 31 heavy (non-hydrogen) atoms. The number of nitrogens with one attached hydrogen (secondary N) is 2. The van der Waals surface area contributed by atoms with Gasteiger partial charge in [0.1, 0.15) is 0 Å². The van der Waals surface area contributed by atoms with E-state index in [-0.39, 0.29) is 24.0 Å². The third kappa shape index (κ3) is 6.17. The van der Waals surface area contributed by atoms with Crippen molar-refractivity contribution in [2.75, 3.05) is 33.2 Å². The zero-order chi connectivity index (χ0) is 20.6. The average Bonchev–Trinajstić information content (AvgIpc) is 3.33. The Labute approximate surface area is 202 Å². The van der Waals surface area contributed by atoms with Crippen molar-refractivity contribution in [3.8, 4) is 0 Å². The second kappa shape index (κ2) is 12.0. The number of hydrogen-bond acceptors (Lipinski definition) is 3. The molecule has 0 radical (unpaired) electrons. The second-order valence-electron chi connectivity index (χ2n) is 7.79. The maximum Gasteiger partial charge on any atom is 0.191 e. The molecule has 2 heterocycles. The van der Waals surface area contributed by atoms with E-state index in [2.05, 4.69) is 80.1 Å². The molecule has 3 aromatic rings. The summed E-state index contributed by atoms with van der Waals surface area (Å²) >= 11 is 0. The Bertz CT molecular complexity index is 965. The highest BCUT2D eigenvalue weighted by molar-refractivity contribution is 14.0. The molecule has 2 N–H and O–H groups in total. The van der Waals surface area contributed by atoms with Crippen LogP contribution < -0.4 is 10.6 Å². The standard InChI is InChI=1S/C25H31N5.HI/c1-26-25(28-16-14-22-12-7-11-21-13-8-15-27-24(21)22)29-19-23(30-17-5-6-18-30)20-9-3-2-4-10-20;/h2-4,7-13,15,23H,5-6,14,16-19H2,1H3,(H2,26,28,29);1H. The highest BCUT2D eigenvalue weighted by atomic mass is 127. The van der Waals surface area contributed by atoms with E-state index in [1.807, 2.05) is 19.3 Å². The van der Waals surface area contributed by atoms with E-state index in [1.165, 1.54) is 42.4 Å². The van der Waals surface area contributed by atoms with Gasteiger partial charge in [0.05, 0.1) is 11.6 Å². The van der Waals surface area contributed by atoms with E-state index in [1.54, 1.807) is 0 Å². The van der Waals surface area contributed by atoms with Crippen molar-refractivity contribution >= 4 is 40.8 Å². The number of fused-ring (bicyclic) bond motifs is 1. The molecule has 0 bridgehead atoms. The summed E-state index contributed by atoms with van der Waals surface area (Å²) in [5.41, 5.74) is 3.71. The number of para-hydroxylation sites is 1. The summed E-state index contributed by atoms with van der Waals surface area (Å²) < 4.78 is 0. The molecule has 1 atom stereocenters. The molecule has 4 rings (SSSR count). The maximum absolute atomic E-state index is 4.56. The van der Waals surface area contributed by atoms with Gasteiger partial charge in [-0.15, -0.1) is 24.0 Å². The van der Waals surface area contributed by atoms with Gasteiger partial charge in [-0.1, -0.05) is 54.6 Å². The Morgan fingerprint density at radius 1 is 1.00 bits per heavy atom. The summed E-state index contributed by atoms with van der Waals surface area (Å²) in [5.74, 6) is 0.850. The predicted octanol–water partition coefficient (Wildman–Crippen LogP) is 4.40. The van der Waals surface area contributed by atoms with Crippen LogP contribution in [0, 0.1) is 0 Å². The first-order valence-electron chi connectivity index (χ1n) is 10.9. The molecule has 0 spiro atoms. The van der Waals surface area contributed by atoms with E-state index in [0.29, 0.717) is 6.04 Å². The first-order chi connectivity index (χ1) is 14.8. The summed E-state index contributed by atoms with van der Waals surface area (Å²) in [6.07, 6.45) is 5.34. The Morgan fingerprint density at radius 2 is 1.77 bits per heavy atom. The van der Waals surface area contributed by atoms with Crippen LogP contribution in [0.15, 0.2) is 71.9 Å². The molecule has 164 valence electrons. The normalized spacial score (nSPS) is 15.5. The fraction of sp³-hybridized carbons (Fsp3) is 0.360. The van der Waals surface area contributed by atoms with Gasteiger partial charge in [0.2, 0.25) is 0 Å². The molecule has 2 aromatic carbocycles. The molecular weight excluding hydrogens is 497 g/mol. The van der Waals surface area contributed by atoms with Crippen LogP contribution in [0.4, 0.5) is 0 Å². The van der Waals surface area contributed by atoms with Crippen LogP contribution in [0.25, 0.3) is 10.9 Å². The van der Waals surface area contributed by atoms with Crippen LogP contribution in [0.1, 0.15) is 30.0 Å². The van der Waals surface area contributed by atoms with Crippen LogP contribution in [-0.2, 0) is 6.42 Å². The Morgan fingerprint density at radius 3 is 2.55 bits per heavy atom. The molecule has 6 heteroatoms. The van der Waals surface area contributed by atoms with Gasteiger partial charge in [0, 0.05) is 31.7 Å². The summed E-state index contributed by atoms with van der Waals surface area (Å²) in [4.78, 5) is 11.6. The van der Waals surface area contributed by atoms with Gasteiger partial charge in [-0.2, -0.15) is 0 Å². The third-order valence-electron chi connectivity index (χ3n) is 5.86. The Kier molecular flexibility index (Phi) is 9.09. The molecule has 1 unspecified atom stereocenters. The lowest BCUT2D eigenvalue weighted by Crippen LogP contribution is -2.43. The molecule has 0 saturated carbocycles. The van der Waals surface area contributed by atoms with Crippen molar-refractivity contribution in [3.05, 3.63) is 78.0 Å². The van der Waals surface area contributed by atoms with Crippen molar-refractivity contribution in [1.82, 2.24) is 20.5 Å². The molecule has 5 nitrogen and oxygen atoms in total. The van der Waals surface area contributed by atoms with Crippen molar-refractivity contribution < 1.29 is 0 Å². The number of nitrogens with zero attached hydrogens (tertiary/aromatic N) is 3. The molecule has 1 aliphatic heterocycles. The Balaban J connectivity index is 0.00000272. The molecule has 1 aliphatic rings. The number of aromatic nitrogens is 1. The number of pyridine rings is 1. The van der Waals surface area contributed by atoms with E-state index in [0.717, 1.165) is 31.0 Å². The van der Waals surface area contributed by atoms with Gasteiger partial charge >= 0.3 is 0 Å². The van der Waals surface area contributed by atoms with E-state index >= 15 is 0 Å². The van der Waals surface area contributed by atoms with Gasteiger partial charge in [0.25, 0.3) is 0 Å². The maximum atomic E-state index is 4.56. The molecule has 0 amide bonds. The van der Waals surface area contributed by atoms with E-state index in [9.17, 15) is 0 Å².